The van der Waals surface area contributed by atoms with Crippen LogP contribution in [0.25, 0.3) is 0 Å². The molecule has 14 heavy (non-hydrogen) atoms. The van der Waals surface area contributed by atoms with Gasteiger partial charge in [-0.1, -0.05) is 24.5 Å². The number of hydrogen-bond donors (Lipinski definition) is 0. The summed E-state index contributed by atoms with van der Waals surface area (Å²) in [5, 5.41) is 0. The Bertz CT molecular complexity index is 311. The van der Waals surface area contributed by atoms with Crippen LogP contribution < -0.4 is 56.8 Å². The van der Waals surface area contributed by atoms with Crippen LogP contribution in [0.3, 0.4) is 0 Å². The van der Waals surface area contributed by atoms with Crippen molar-refractivity contribution in [3.63, 3.8) is 0 Å². The Kier molecular flexibility index (Phi) is 5.91. The summed E-state index contributed by atoms with van der Waals surface area (Å²) in [5.74, 6) is -1.17. The predicted octanol–water partition coefficient (Wildman–Crippen LogP) is -0.554. The molecule has 0 radical (unpaired) electrons. The molecule has 0 amide bonds. The van der Waals surface area contributed by atoms with Crippen LogP contribution in [-0.4, -0.2) is 6.98 Å². The van der Waals surface area contributed by atoms with Crippen molar-refractivity contribution in [1.82, 2.24) is 0 Å². The van der Waals surface area contributed by atoms with Crippen LogP contribution in [0.15, 0.2) is 18.2 Å². The summed E-state index contributed by atoms with van der Waals surface area (Å²) < 4.78 is 49.1. The Morgan fingerprint density at radius 2 is 1.79 bits per heavy atom. The monoisotopic (exact) mass is 230 g/mol. The molecule has 0 unspecified atom stereocenters. The molecule has 1 aromatic carbocycles. The van der Waals surface area contributed by atoms with E-state index in [9.17, 15) is 17.3 Å². The summed E-state index contributed by atoms with van der Waals surface area (Å²) in [5.41, 5.74) is -0.571. The van der Waals surface area contributed by atoms with Gasteiger partial charge in [0.05, 0.1) is 5.82 Å². The molecular weight excluding hydrogens is 222 g/mol. The Balaban J connectivity index is 0.00000169. The zero-order valence-electron chi connectivity index (χ0n) is 8.03. The Morgan fingerprint density at radius 3 is 2.14 bits per heavy atom. The Morgan fingerprint density at radius 1 is 1.21 bits per heavy atom. The maximum Gasteiger partial charge on any atom is 1.00 e. The van der Waals surface area contributed by atoms with Crippen LogP contribution >= 0.6 is 0 Å². The van der Waals surface area contributed by atoms with Gasteiger partial charge in [0.15, 0.2) is 0 Å². The minimum absolute atomic E-state index is 0. The second-order valence-corrected chi connectivity index (χ2v) is 2.78. The van der Waals surface area contributed by atoms with E-state index in [4.69, 9.17) is 0 Å². The van der Waals surface area contributed by atoms with Crippen molar-refractivity contribution in [2.45, 2.75) is 13.3 Å². The molecular formula is C8H8BF4K. The van der Waals surface area contributed by atoms with Crippen molar-refractivity contribution in [1.29, 1.82) is 0 Å². The number of hydrogen-bond acceptors (Lipinski definition) is 0. The van der Waals surface area contributed by atoms with E-state index in [2.05, 4.69) is 0 Å². The summed E-state index contributed by atoms with van der Waals surface area (Å²) in [6.45, 7) is -3.47. The van der Waals surface area contributed by atoms with E-state index < -0.39 is 18.3 Å². The second-order valence-electron chi connectivity index (χ2n) is 2.78. The molecule has 0 nitrogen and oxygen atoms in total. The van der Waals surface area contributed by atoms with E-state index >= 15 is 0 Å². The van der Waals surface area contributed by atoms with Crippen molar-refractivity contribution in [2.75, 3.05) is 0 Å². The van der Waals surface area contributed by atoms with Gasteiger partial charge in [-0.25, -0.2) is 4.39 Å². The molecule has 0 spiro atoms. The van der Waals surface area contributed by atoms with E-state index in [0.717, 1.165) is 12.1 Å². The minimum Gasteiger partial charge on any atom is -0.445 e. The maximum atomic E-state index is 12.8. The average Bonchev–Trinajstić information content (AvgIpc) is 2.01. The summed E-state index contributed by atoms with van der Waals surface area (Å²) in [6.07, 6.45) is 0.530. The summed E-state index contributed by atoms with van der Waals surface area (Å²) in [7, 11) is 0. The number of aryl methyl sites for hydroxylation is 1. The average molecular weight is 230 g/mol. The van der Waals surface area contributed by atoms with E-state index in [1.807, 2.05) is 0 Å². The van der Waals surface area contributed by atoms with Gasteiger partial charge in [-0.05, 0) is 18.1 Å². The third-order valence-electron chi connectivity index (χ3n) is 1.83. The summed E-state index contributed by atoms with van der Waals surface area (Å²) in [6, 6.07) is 3.03. The van der Waals surface area contributed by atoms with Crippen LogP contribution in [0.4, 0.5) is 17.3 Å². The van der Waals surface area contributed by atoms with Crippen LogP contribution in [0.1, 0.15) is 12.5 Å². The molecule has 0 atom stereocenters. The maximum absolute atomic E-state index is 12.8. The molecule has 1 aromatic rings. The van der Waals surface area contributed by atoms with Crippen molar-refractivity contribution in [2.24, 2.45) is 0 Å². The molecule has 0 bridgehead atoms. The molecule has 0 aliphatic heterocycles. The van der Waals surface area contributed by atoms with Crippen LogP contribution in [0.5, 0.6) is 0 Å². The van der Waals surface area contributed by atoms with Crippen LogP contribution in [-0.2, 0) is 6.42 Å². The largest absolute Gasteiger partial charge is 1.00 e. The quantitative estimate of drug-likeness (QED) is 0.472. The van der Waals surface area contributed by atoms with Gasteiger partial charge >= 0.3 is 58.4 Å². The van der Waals surface area contributed by atoms with Crippen LogP contribution in [0.2, 0.25) is 0 Å². The molecule has 6 heteroatoms. The first kappa shape index (κ1) is 14.6. The number of halogens is 4. The fraction of sp³-hybridized carbons (Fsp3) is 0.250. The zero-order chi connectivity index (χ0) is 10.1. The molecule has 0 heterocycles. The molecule has 0 N–H and O–H groups in total. The molecule has 0 fully saturated rings. The second kappa shape index (κ2) is 5.65. The topological polar surface area (TPSA) is 0 Å². The molecule has 0 aliphatic rings. The first-order valence-electron chi connectivity index (χ1n) is 3.93. The Hall–Kier alpha value is 0.641. The molecule has 0 aliphatic carbocycles. The number of rotatable bonds is 2. The van der Waals surface area contributed by atoms with Gasteiger partial charge < -0.3 is 12.9 Å². The fourth-order valence-corrected chi connectivity index (χ4v) is 1.06. The normalized spacial score (nSPS) is 10.9. The van der Waals surface area contributed by atoms with Crippen molar-refractivity contribution >= 4 is 12.4 Å². The van der Waals surface area contributed by atoms with Gasteiger partial charge in [-0.15, -0.1) is 0 Å². The van der Waals surface area contributed by atoms with E-state index in [-0.39, 0.29) is 51.4 Å². The molecule has 1 rings (SSSR count). The smallest absolute Gasteiger partial charge is 0.445 e. The van der Waals surface area contributed by atoms with Gasteiger partial charge in [-0.2, -0.15) is 0 Å². The molecule has 0 aromatic heterocycles. The zero-order valence-corrected chi connectivity index (χ0v) is 11.2. The standard InChI is InChI=1S/C8H8BF4.K/c1-2-6-3-4-7(8(10)5-6)9(11,12)13;/h3-5H,2H2,1H3;/q-1;+1. The molecule has 0 saturated carbocycles. The van der Waals surface area contributed by atoms with Crippen molar-refractivity contribution < 1.29 is 68.7 Å². The van der Waals surface area contributed by atoms with Gasteiger partial charge in [-0.3, -0.25) is 0 Å². The van der Waals surface area contributed by atoms with Gasteiger partial charge in [0, 0.05) is 0 Å². The van der Waals surface area contributed by atoms with E-state index in [0.29, 0.717) is 12.0 Å². The third kappa shape index (κ3) is 3.66. The fourth-order valence-electron chi connectivity index (χ4n) is 1.06. The van der Waals surface area contributed by atoms with Gasteiger partial charge in [0.1, 0.15) is 0 Å². The number of benzene rings is 1. The van der Waals surface area contributed by atoms with Gasteiger partial charge in [0.25, 0.3) is 0 Å². The minimum atomic E-state index is -5.23. The predicted molar refractivity (Wildman–Crippen MR) is 44.5 cm³/mol. The van der Waals surface area contributed by atoms with E-state index in [1.54, 1.807) is 6.92 Å². The van der Waals surface area contributed by atoms with Crippen molar-refractivity contribution in [3.05, 3.63) is 29.6 Å². The van der Waals surface area contributed by atoms with E-state index in [1.165, 1.54) is 6.07 Å². The summed E-state index contributed by atoms with van der Waals surface area (Å²) in [4.78, 5) is 0. The Labute approximate surface area is 123 Å². The van der Waals surface area contributed by atoms with Gasteiger partial charge in [0.2, 0.25) is 0 Å². The SMILES string of the molecule is CCc1ccc([B-](F)(F)F)c(F)c1.[K+]. The molecule has 0 saturated heterocycles. The third-order valence-corrected chi connectivity index (χ3v) is 1.83. The van der Waals surface area contributed by atoms with Crippen molar-refractivity contribution in [3.8, 4) is 0 Å². The van der Waals surface area contributed by atoms with Crippen LogP contribution in [0, 0.1) is 5.82 Å². The first-order valence-corrected chi connectivity index (χ1v) is 3.93. The summed E-state index contributed by atoms with van der Waals surface area (Å²) >= 11 is 0. The molecule has 72 valence electrons. The first-order chi connectivity index (χ1) is 5.95.